The Morgan fingerprint density at radius 1 is 1.40 bits per heavy atom. The molecule has 0 aliphatic carbocycles. The summed E-state index contributed by atoms with van der Waals surface area (Å²) in [5, 5.41) is 3.16. The number of rotatable bonds is 4. The van der Waals surface area contributed by atoms with Crippen molar-refractivity contribution in [2.45, 2.75) is 12.8 Å². The maximum Gasteiger partial charge on any atom is 0.134 e. The second-order valence-corrected chi connectivity index (χ2v) is 3.63. The Bertz CT molecular complexity index is 331. The van der Waals surface area contributed by atoms with Gasteiger partial charge in [0.15, 0.2) is 0 Å². The average Bonchev–Trinajstić information content (AvgIpc) is 2.80. The molecule has 0 spiro atoms. The van der Waals surface area contributed by atoms with Gasteiger partial charge >= 0.3 is 0 Å². The highest BCUT2D eigenvalue weighted by Gasteiger charge is 2.13. The molecule has 4 nitrogen and oxygen atoms in total. The smallest absolute Gasteiger partial charge is 0.134 e. The molecule has 1 aliphatic heterocycles. The lowest BCUT2D eigenvalue weighted by Crippen LogP contribution is -2.19. The van der Waals surface area contributed by atoms with Crippen molar-refractivity contribution in [3.05, 3.63) is 25.0 Å². The van der Waals surface area contributed by atoms with Gasteiger partial charge < -0.3 is 10.2 Å². The highest BCUT2D eigenvalue weighted by atomic mass is 15.2. The first-order valence-electron chi connectivity index (χ1n) is 5.32. The normalized spacial score (nSPS) is 15.3. The Kier molecular flexibility index (Phi) is 3.17. The van der Waals surface area contributed by atoms with Gasteiger partial charge in [0, 0.05) is 25.7 Å². The van der Waals surface area contributed by atoms with Crippen LogP contribution in [0.25, 0.3) is 0 Å². The molecule has 2 rings (SSSR count). The summed E-state index contributed by atoms with van der Waals surface area (Å²) >= 11 is 0. The van der Waals surface area contributed by atoms with Crippen LogP contribution in [0.5, 0.6) is 0 Å². The molecule has 4 heteroatoms. The van der Waals surface area contributed by atoms with Gasteiger partial charge in [-0.2, -0.15) is 0 Å². The standard InChI is InChI=1S/C11H16N4/c1-2-5-12-10-8-11(14-9-13-10)15-6-3-4-7-15/h2,8-9H,1,3-7H2,(H,12,13,14). The van der Waals surface area contributed by atoms with Gasteiger partial charge in [0.05, 0.1) is 0 Å². The quantitative estimate of drug-likeness (QED) is 0.757. The van der Waals surface area contributed by atoms with Crippen LogP contribution < -0.4 is 10.2 Å². The summed E-state index contributed by atoms with van der Waals surface area (Å²) in [6, 6.07) is 1.99. The molecule has 80 valence electrons. The monoisotopic (exact) mass is 204 g/mol. The van der Waals surface area contributed by atoms with E-state index in [1.807, 2.05) is 12.1 Å². The fourth-order valence-electron chi connectivity index (χ4n) is 1.74. The number of hydrogen-bond donors (Lipinski definition) is 1. The molecule has 1 saturated heterocycles. The van der Waals surface area contributed by atoms with Crippen LogP contribution in [0, 0.1) is 0 Å². The second-order valence-electron chi connectivity index (χ2n) is 3.63. The third-order valence-corrected chi connectivity index (χ3v) is 2.51. The van der Waals surface area contributed by atoms with Crippen LogP contribution in [0.3, 0.4) is 0 Å². The van der Waals surface area contributed by atoms with Crippen molar-refractivity contribution in [3.8, 4) is 0 Å². The minimum absolute atomic E-state index is 0.733. The lowest BCUT2D eigenvalue weighted by molar-refractivity contribution is 0.927. The van der Waals surface area contributed by atoms with Crippen LogP contribution in [-0.4, -0.2) is 29.6 Å². The van der Waals surface area contributed by atoms with Gasteiger partial charge in [-0.25, -0.2) is 9.97 Å². The predicted molar refractivity (Wildman–Crippen MR) is 62.2 cm³/mol. The minimum atomic E-state index is 0.733. The van der Waals surface area contributed by atoms with E-state index in [1.54, 1.807) is 6.33 Å². The van der Waals surface area contributed by atoms with E-state index in [0.29, 0.717) is 0 Å². The summed E-state index contributed by atoms with van der Waals surface area (Å²) in [6.45, 7) is 6.61. The Morgan fingerprint density at radius 3 is 2.93 bits per heavy atom. The van der Waals surface area contributed by atoms with Crippen molar-refractivity contribution in [2.75, 3.05) is 29.9 Å². The number of hydrogen-bond acceptors (Lipinski definition) is 4. The summed E-state index contributed by atoms with van der Waals surface area (Å²) in [4.78, 5) is 10.7. The average molecular weight is 204 g/mol. The van der Waals surface area contributed by atoms with Crippen LogP contribution in [0.4, 0.5) is 11.6 Å². The summed E-state index contributed by atoms with van der Waals surface area (Å²) in [6.07, 6.45) is 5.95. The molecule has 0 saturated carbocycles. The van der Waals surface area contributed by atoms with Crippen molar-refractivity contribution >= 4 is 11.6 Å². The molecule has 0 aromatic carbocycles. The minimum Gasteiger partial charge on any atom is -0.366 e. The number of anilines is 2. The molecule has 1 N–H and O–H groups in total. The van der Waals surface area contributed by atoms with E-state index in [0.717, 1.165) is 31.3 Å². The molecule has 0 atom stereocenters. The van der Waals surface area contributed by atoms with Crippen molar-refractivity contribution in [1.29, 1.82) is 0 Å². The van der Waals surface area contributed by atoms with Gasteiger partial charge in [0.1, 0.15) is 18.0 Å². The summed E-state index contributed by atoms with van der Waals surface area (Å²) in [5.74, 6) is 1.89. The Hall–Kier alpha value is -1.58. The van der Waals surface area contributed by atoms with Crippen molar-refractivity contribution in [3.63, 3.8) is 0 Å². The molecule has 1 fully saturated rings. The van der Waals surface area contributed by atoms with E-state index in [-0.39, 0.29) is 0 Å². The van der Waals surface area contributed by atoms with Crippen LogP contribution in [0.1, 0.15) is 12.8 Å². The predicted octanol–water partition coefficient (Wildman–Crippen LogP) is 1.67. The third-order valence-electron chi connectivity index (χ3n) is 2.51. The largest absolute Gasteiger partial charge is 0.366 e. The fraction of sp³-hybridized carbons (Fsp3) is 0.455. The lowest BCUT2D eigenvalue weighted by atomic mass is 10.4. The molecule has 0 radical (unpaired) electrons. The van der Waals surface area contributed by atoms with E-state index in [4.69, 9.17) is 0 Å². The topological polar surface area (TPSA) is 41.0 Å². The molecule has 2 heterocycles. The molecule has 1 aromatic heterocycles. The SMILES string of the molecule is C=CCNc1cc(N2CCCC2)ncn1. The molecule has 0 amide bonds. The first-order valence-corrected chi connectivity index (χ1v) is 5.32. The zero-order valence-electron chi connectivity index (χ0n) is 8.82. The van der Waals surface area contributed by atoms with Gasteiger partial charge in [-0.15, -0.1) is 6.58 Å². The number of nitrogens with zero attached hydrogens (tertiary/aromatic N) is 3. The van der Waals surface area contributed by atoms with Gasteiger partial charge in [-0.3, -0.25) is 0 Å². The Morgan fingerprint density at radius 2 is 2.20 bits per heavy atom. The van der Waals surface area contributed by atoms with E-state index in [2.05, 4.69) is 26.8 Å². The van der Waals surface area contributed by atoms with Crippen LogP contribution in [0.2, 0.25) is 0 Å². The molecular formula is C11H16N4. The molecule has 15 heavy (non-hydrogen) atoms. The maximum atomic E-state index is 4.28. The highest BCUT2D eigenvalue weighted by molar-refractivity contribution is 5.49. The van der Waals surface area contributed by atoms with Gasteiger partial charge in [0.25, 0.3) is 0 Å². The third kappa shape index (κ3) is 2.46. The first kappa shape index (κ1) is 9.96. The van der Waals surface area contributed by atoms with Gasteiger partial charge in [-0.1, -0.05) is 6.08 Å². The molecule has 0 bridgehead atoms. The fourth-order valence-corrected chi connectivity index (χ4v) is 1.74. The van der Waals surface area contributed by atoms with Gasteiger partial charge in [-0.05, 0) is 12.8 Å². The molecule has 0 unspecified atom stereocenters. The molecule has 1 aliphatic rings. The molecule has 1 aromatic rings. The van der Waals surface area contributed by atoms with E-state index >= 15 is 0 Å². The highest BCUT2D eigenvalue weighted by Crippen LogP contribution is 2.18. The van der Waals surface area contributed by atoms with E-state index in [1.165, 1.54) is 12.8 Å². The van der Waals surface area contributed by atoms with Crippen LogP contribution in [0.15, 0.2) is 25.0 Å². The number of nitrogens with one attached hydrogen (secondary N) is 1. The zero-order valence-corrected chi connectivity index (χ0v) is 8.82. The van der Waals surface area contributed by atoms with Crippen molar-refractivity contribution < 1.29 is 0 Å². The van der Waals surface area contributed by atoms with Crippen LogP contribution >= 0.6 is 0 Å². The second kappa shape index (κ2) is 4.77. The Balaban J connectivity index is 2.07. The lowest BCUT2D eigenvalue weighted by Gasteiger charge is -2.16. The van der Waals surface area contributed by atoms with Crippen molar-refractivity contribution in [2.24, 2.45) is 0 Å². The summed E-state index contributed by atoms with van der Waals surface area (Å²) in [7, 11) is 0. The summed E-state index contributed by atoms with van der Waals surface area (Å²) in [5.41, 5.74) is 0. The molecular weight excluding hydrogens is 188 g/mol. The zero-order chi connectivity index (χ0) is 10.5. The van der Waals surface area contributed by atoms with E-state index < -0.39 is 0 Å². The number of aromatic nitrogens is 2. The first-order chi connectivity index (χ1) is 7.40. The summed E-state index contributed by atoms with van der Waals surface area (Å²) < 4.78 is 0. The van der Waals surface area contributed by atoms with Crippen molar-refractivity contribution in [1.82, 2.24) is 9.97 Å². The Labute approximate surface area is 90.0 Å². The van der Waals surface area contributed by atoms with Crippen LogP contribution in [-0.2, 0) is 0 Å². The maximum absolute atomic E-state index is 4.28. The van der Waals surface area contributed by atoms with E-state index in [9.17, 15) is 0 Å². The van der Waals surface area contributed by atoms with Gasteiger partial charge in [0.2, 0.25) is 0 Å².